The number of likely N-dealkylation sites (tertiary alicyclic amines) is 2. The number of halogens is 2. The van der Waals surface area contributed by atoms with E-state index in [4.69, 9.17) is 0 Å². The minimum absolute atomic E-state index is 0.0314. The molecule has 152 valence electrons. The lowest BCUT2D eigenvalue weighted by Gasteiger charge is -2.39. The van der Waals surface area contributed by atoms with Crippen LogP contribution in [0.3, 0.4) is 0 Å². The van der Waals surface area contributed by atoms with E-state index in [-0.39, 0.29) is 29.7 Å². The second-order valence-corrected chi connectivity index (χ2v) is 7.95. The number of carbonyl (C=O) groups excluding carboxylic acids is 3. The van der Waals surface area contributed by atoms with Crippen LogP contribution in [0, 0.1) is 17.0 Å². The summed E-state index contributed by atoms with van der Waals surface area (Å²) in [5.74, 6) is -1.72. The Balaban J connectivity index is 1.59. The van der Waals surface area contributed by atoms with Gasteiger partial charge in [-0.3, -0.25) is 14.4 Å². The number of rotatable bonds is 4. The number of nitrogens with one attached hydrogen (secondary N) is 1. The fourth-order valence-electron chi connectivity index (χ4n) is 4.23. The van der Waals surface area contributed by atoms with Gasteiger partial charge in [0.2, 0.25) is 17.7 Å². The van der Waals surface area contributed by atoms with Gasteiger partial charge >= 0.3 is 0 Å². The third-order valence-electron chi connectivity index (χ3n) is 5.63. The molecular formula is C20H25F2N3O3. The van der Waals surface area contributed by atoms with E-state index >= 15 is 0 Å². The van der Waals surface area contributed by atoms with Gasteiger partial charge in [0.1, 0.15) is 17.7 Å². The van der Waals surface area contributed by atoms with Crippen LogP contribution in [-0.2, 0) is 20.9 Å². The fourth-order valence-corrected chi connectivity index (χ4v) is 4.23. The largest absolute Gasteiger partial charge is 0.345 e. The average molecular weight is 393 g/mol. The molecule has 1 aromatic rings. The Hall–Kier alpha value is -2.51. The second kappa shape index (κ2) is 7.85. The van der Waals surface area contributed by atoms with Crippen molar-refractivity contribution in [2.45, 2.75) is 45.7 Å². The van der Waals surface area contributed by atoms with Crippen LogP contribution in [0.5, 0.6) is 0 Å². The summed E-state index contributed by atoms with van der Waals surface area (Å²) in [4.78, 5) is 39.4. The lowest BCUT2D eigenvalue weighted by Crippen LogP contribution is -2.51. The maximum Gasteiger partial charge on any atom is 0.244 e. The molecule has 0 unspecified atom stereocenters. The Morgan fingerprint density at radius 3 is 2.36 bits per heavy atom. The molecule has 1 N–H and O–H groups in total. The minimum Gasteiger partial charge on any atom is -0.345 e. The highest BCUT2D eigenvalue weighted by Gasteiger charge is 2.45. The van der Waals surface area contributed by atoms with Gasteiger partial charge in [0.05, 0.1) is 0 Å². The van der Waals surface area contributed by atoms with E-state index in [1.165, 1.54) is 19.1 Å². The van der Waals surface area contributed by atoms with Crippen molar-refractivity contribution < 1.29 is 23.2 Å². The van der Waals surface area contributed by atoms with E-state index in [0.29, 0.717) is 44.5 Å². The summed E-state index contributed by atoms with van der Waals surface area (Å²) in [5, 5.41) is 2.60. The molecule has 3 rings (SSSR count). The molecule has 1 spiro atoms. The zero-order valence-corrected chi connectivity index (χ0v) is 16.1. The van der Waals surface area contributed by atoms with E-state index in [2.05, 4.69) is 5.32 Å². The predicted molar refractivity (Wildman–Crippen MR) is 97.9 cm³/mol. The van der Waals surface area contributed by atoms with Crippen LogP contribution in [0.25, 0.3) is 0 Å². The number of hydrogen-bond acceptors (Lipinski definition) is 3. The Morgan fingerprint density at radius 2 is 1.79 bits per heavy atom. The molecule has 6 nitrogen and oxygen atoms in total. The van der Waals surface area contributed by atoms with Crippen molar-refractivity contribution in [3.63, 3.8) is 0 Å². The zero-order valence-electron chi connectivity index (χ0n) is 16.1. The van der Waals surface area contributed by atoms with Crippen LogP contribution in [-0.4, -0.2) is 53.2 Å². The molecule has 2 aliphatic rings. The van der Waals surface area contributed by atoms with E-state index in [1.54, 1.807) is 16.7 Å². The van der Waals surface area contributed by atoms with Crippen molar-refractivity contribution >= 4 is 17.7 Å². The summed E-state index contributed by atoms with van der Waals surface area (Å²) in [5.41, 5.74) is 0.219. The molecule has 0 aliphatic carbocycles. The first-order valence-corrected chi connectivity index (χ1v) is 9.46. The standard InChI is InChI=1S/C20H25F2N3O3/c1-13(23-14(2)26)19(28)24-5-3-20(4-6-24)10-18(27)25(12-20)11-15-7-16(21)9-17(22)8-15/h7-9,13H,3-6,10-12H2,1-2H3,(H,23,26)/t13-/m1/s1. The molecule has 2 fully saturated rings. The third kappa shape index (κ3) is 4.48. The van der Waals surface area contributed by atoms with Crippen LogP contribution >= 0.6 is 0 Å². The van der Waals surface area contributed by atoms with Gasteiger partial charge in [0, 0.05) is 51.0 Å². The lowest BCUT2D eigenvalue weighted by molar-refractivity contribution is -0.137. The van der Waals surface area contributed by atoms with Crippen LogP contribution in [0.4, 0.5) is 8.78 Å². The normalized spacial score (nSPS) is 19.8. The van der Waals surface area contributed by atoms with Crippen molar-refractivity contribution in [2.75, 3.05) is 19.6 Å². The third-order valence-corrected chi connectivity index (χ3v) is 5.63. The van der Waals surface area contributed by atoms with Gasteiger partial charge < -0.3 is 15.1 Å². The maximum atomic E-state index is 13.4. The molecule has 3 amide bonds. The van der Waals surface area contributed by atoms with Crippen molar-refractivity contribution in [2.24, 2.45) is 5.41 Å². The first-order valence-electron chi connectivity index (χ1n) is 9.46. The summed E-state index contributed by atoms with van der Waals surface area (Å²) in [7, 11) is 0. The second-order valence-electron chi connectivity index (χ2n) is 7.95. The van der Waals surface area contributed by atoms with E-state index in [9.17, 15) is 23.2 Å². The van der Waals surface area contributed by atoms with Crippen molar-refractivity contribution in [1.29, 1.82) is 0 Å². The van der Waals surface area contributed by atoms with Gasteiger partial charge in [-0.05, 0) is 37.5 Å². The zero-order chi connectivity index (χ0) is 20.5. The molecule has 1 aromatic carbocycles. The van der Waals surface area contributed by atoms with Crippen LogP contribution in [0.15, 0.2) is 18.2 Å². The summed E-state index contributed by atoms with van der Waals surface area (Å²) in [6.07, 6.45) is 1.75. The van der Waals surface area contributed by atoms with Crippen molar-refractivity contribution in [3.8, 4) is 0 Å². The number of nitrogens with zero attached hydrogens (tertiary/aromatic N) is 2. The number of carbonyl (C=O) groups is 3. The van der Waals surface area contributed by atoms with Crippen molar-refractivity contribution in [1.82, 2.24) is 15.1 Å². The Morgan fingerprint density at radius 1 is 1.18 bits per heavy atom. The quantitative estimate of drug-likeness (QED) is 0.849. The summed E-state index contributed by atoms with van der Waals surface area (Å²) in [6.45, 7) is 4.78. The van der Waals surface area contributed by atoms with Gasteiger partial charge in [0.25, 0.3) is 0 Å². The fraction of sp³-hybridized carbons (Fsp3) is 0.550. The molecule has 28 heavy (non-hydrogen) atoms. The lowest BCUT2D eigenvalue weighted by atomic mass is 9.77. The predicted octanol–water partition coefficient (Wildman–Crippen LogP) is 1.83. The van der Waals surface area contributed by atoms with Gasteiger partial charge in [0.15, 0.2) is 0 Å². The molecule has 1 atom stereocenters. The molecule has 2 heterocycles. The molecule has 0 aromatic heterocycles. The maximum absolute atomic E-state index is 13.4. The van der Waals surface area contributed by atoms with Crippen LogP contribution in [0.2, 0.25) is 0 Å². The van der Waals surface area contributed by atoms with Crippen LogP contribution in [0.1, 0.15) is 38.7 Å². The van der Waals surface area contributed by atoms with Crippen molar-refractivity contribution in [3.05, 3.63) is 35.4 Å². The molecule has 0 radical (unpaired) electrons. The van der Waals surface area contributed by atoms with Gasteiger partial charge in [-0.1, -0.05) is 0 Å². The first-order chi connectivity index (χ1) is 13.2. The highest BCUT2D eigenvalue weighted by molar-refractivity contribution is 5.86. The molecule has 2 aliphatic heterocycles. The van der Waals surface area contributed by atoms with E-state index in [1.807, 2.05) is 0 Å². The van der Waals surface area contributed by atoms with E-state index < -0.39 is 17.7 Å². The number of benzene rings is 1. The average Bonchev–Trinajstić information content (AvgIpc) is 2.88. The van der Waals surface area contributed by atoms with E-state index in [0.717, 1.165) is 6.07 Å². The first kappa shape index (κ1) is 20.2. The highest BCUT2D eigenvalue weighted by Crippen LogP contribution is 2.41. The SMILES string of the molecule is CC(=O)N[C@H](C)C(=O)N1CCC2(CC1)CC(=O)N(Cc1cc(F)cc(F)c1)C2. The monoisotopic (exact) mass is 393 g/mol. The Labute approximate surface area is 162 Å². The van der Waals surface area contributed by atoms with Crippen LogP contribution < -0.4 is 5.32 Å². The Bertz CT molecular complexity index is 771. The topological polar surface area (TPSA) is 69.7 Å². The van der Waals surface area contributed by atoms with Gasteiger partial charge in [-0.2, -0.15) is 0 Å². The number of hydrogen-bond donors (Lipinski definition) is 1. The summed E-state index contributed by atoms with van der Waals surface area (Å²) >= 11 is 0. The number of amides is 3. The summed E-state index contributed by atoms with van der Waals surface area (Å²) in [6, 6.07) is 2.72. The number of piperidine rings is 1. The van der Waals surface area contributed by atoms with Gasteiger partial charge in [-0.25, -0.2) is 8.78 Å². The highest BCUT2D eigenvalue weighted by atomic mass is 19.1. The Kier molecular flexibility index (Phi) is 5.67. The minimum atomic E-state index is -0.656. The molecule has 8 heteroatoms. The molecule has 2 saturated heterocycles. The molecule has 0 saturated carbocycles. The molecule has 0 bridgehead atoms. The summed E-state index contributed by atoms with van der Waals surface area (Å²) < 4.78 is 26.8. The molecular weight excluding hydrogens is 368 g/mol. The smallest absolute Gasteiger partial charge is 0.244 e. The van der Waals surface area contributed by atoms with Gasteiger partial charge in [-0.15, -0.1) is 0 Å².